The zero-order valence-corrected chi connectivity index (χ0v) is 14.5. The van der Waals surface area contributed by atoms with Crippen LogP contribution in [0.25, 0.3) is 0 Å². The Bertz CT molecular complexity index is 851. The highest BCUT2D eigenvalue weighted by Gasteiger charge is 2.47. The summed E-state index contributed by atoms with van der Waals surface area (Å²) in [4.78, 5) is 62.2. The summed E-state index contributed by atoms with van der Waals surface area (Å²) >= 11 is 0. The normalized spacial score (nSPS) is 19.7. The van der Waals surface area contributed by atoms with Gasteiger partial charge in [0.15, 0.2) is 0 Å². The second kappa shape index (κ2) is 7.23. The number of non-ortho nitro benzene ring substituents is 1. The molecule has 0 saturated carbocycles. The average Bonchev–Trinajstić information content (AvgIpc) is 2.89. The molecule has 2 aliphatic rings. The number of likely N-dealkylation sites (tertiary alicyclic amines) is 1. The van der Waals surface area contributed by atoms with Gasteiger partial charge in [0.1, 0.15) is 6.04 Å². The first-order chi connectivity index (χ1) is 12.9. The number of piperidine rings is 1. The number of carbonyl (C=O) groups is 4. The SMILES string of the molecule is COCCCN1C(=O)CCC(N2C(=O)c3ccc([N+](=O)[O-])cc3C2=O)C1=O. The Morgan fingerprint density at radius 3 is 2.56 bits per heavy atom. The van der Waals surface area contributed by atoms with Crippen molar-refractivity contribution in [2.45, 2.75) is 25.3 Å². The van der Waals surface area contributed by atoms with E-state index in [-0.39, 0.29) is 42.1 Å². The molecule has 27 heavy (non-hydrogen) atoms. The number of imide groups is 2. The number of benzene rings is 1. The number of fused-ring (bicyclic) bond motifs is 1. The van der Waals surface area contributed by atoms with Gasteiger partial charge in [0.05, 0.1) is 16.1 Å². The monoisotopic (exact) mass is 375 g/mol. The molecular formula is C17H17N3O7. The second-order valence-corrected chi connectivity index (χ2v) is 6.25. The minimum atomic E-state index is -1.10. The van der Waals surface area contributed by atoms with E-state index in [4.69, 9.17) is 4.74 Å². The van der Waals surface area contributed by atoms with Crippen molar-refractivity contribution >= 4 is 29.3 Å². The summed E-state index contributed by atoms with van der Waals surface area (Å²) in [5.41, 5.74) is -0.408. The number of hydrogen-bond acceptors (Lipinski definition) is 7. The maximum absolute atomic E-state index is 12.7. The van der Waals surface area contributed by atoms with Gasteiger partial charge >= 0.3 is 0 Å². The van der Waals surface area contributed by atoms with Crippen LogP contribution < -0.4 is 0 Å². The van der Waals surface area contributed by atoms with E-state index in [1.807, 2.05) is 0 Å². The first-order valence-corrected chi connectivity index (χ1v) is 8.36. The fourth-order valence-electron chi connectivity index (χ4n) is 3.31. The lowest BCUT2D eigenvalue weighted by molar-refractivity contribution is -0.384. The summed E-state index contributed by atoms with van der Waals surface area (Å²) in [5.74, 6) is -2.43. The third-order valence-electron chi connectivity index (χ3n) is 4.64. The minimum Gasteiger partial charge on any atom is -0.385 e. The van der Waals surface area contributed by atoms with Gasteiger partial charge in [-0.3, -0.25) is 39.1 Å². The number of hydrogen-bond donors (Lipinski definition) is 0. The topological polar surface area (TPSA) is 127 Å². The van der Waals surface area contributed by atoms with E-state index in [1.165, 1.54) is 13.2 Å². The predicted molar refractivity (Wildman–Crippen MR) is 89.8 cm³/mol. The molecule has 1 aromatic carbocycles. The molecule has 142 valence electrons. The first-order valence-electron chi connectivity index (χ1n) is 8.36. The van der Waals surface area contributed by atoms with Crippen molar-refractivity contribution in [1.29, 1.82) is 0 Å². The molecule has 1 saturated heterocycles. The number of amides is 4. The number of nitrogens with zero attached hydrogens (tertiary/aromatic N) is 3. The van der Waals surface area contributed by atoms with Crippen LogP contribution in [0.1, 0.15) is 40.0 Å². The highest BCUT2D eigenvalue weighted by molar-refractivity contribution is 6.23. The second-order valence-electron chi connectivity index (χ2n) is 6.25. The average molecular weight is 375 g/mol. The molecule has 0 N–H and O–H groups in total. The first kappa shape index (κ1) is 18.6. The van der Waals surface area contributed by atoms with Gasteiger partial charge in [0.2, 0.25) is 5.91 Å². The standard InChI is InChI=1S/C17H17N3O7/c1-27-8-2-7-18-14(21)6-5-13(17(18)24)19-15(22)11-4-3-10(20(25)26)9-12(11)16(19)23/h3-4,9,13H,2,5-8H2,1H3. The number of nitro groups is 1. The Kier molecular flexibility index (Phi) is 5.00. The summed E-state index contributed by atoms with van der Waals surface area (Å²) in [6.45, 7) is 0.495. The Balaban J connectivity index is 1.86. The van der Waals surface area contributed by atoms with Crippen LogP contribution in [0.3, 0.4) is 0 Å². The van der Waals surface area contributed by atoms with Crippen LogP contribution in [0.15, 0.2) is 18.2 Å². The molecule has 1 aromatic rings. The van der Waals surface area contributed by atoms with Gasteiger partial charge in [-0.05, 0) is 18.9 Å². The van der Waals surface area contributed by atoms with Gasteiger partial charge in [0.25, 0.3) is 23.4 Å². The Morgan fingerprint density at radius 2 is 1.89 bits per heavy atom. The quantitative estimate of drug-likeness (QED) is 0.310. The molecule has 2 aliphatic heterocycles. The van der Waals surface area contributed by atoms with Crippen molar-refractivity contribution in [3.63, 3.8) is 0 Å². The number of carbonyl (C=O) groups excluding carboxylic acids is 4. The predicted octanol–water partition coefficient (Wildman–Crippen LogP) is 0.745. The summed E-state index contributed by atoms with van der Waals surface area (Å²) in [5, 5.41) is 10.9. The fraction of sp³-hybridized carbons (Fsp3) is 0.412. The molecule has 0 radical (unpaired) electrons. The zero-order valence-electron chi connectivity index (χ0n) is 14.5. The van der Waals surface area contributed by atoms with Gasteiger partial charge in [-0.25, -0.2) is 0 Å². The van der Waals surface area contributed by atoms with Crippen molar-refractivity contribution in [2.24, 2.45) is 0 Å². The molecule has 3 rings (SSSR count). The summed E-state index contributed by atoms with van der Waals surface area (Å²) in [7, 11) is 1.50. The fourth-order valence-corrected chi connectivity index (χ4v) is 3.31. The molecule has 10 heteroatoms. The smallest absolute Gasteiger partial charge is 0.270 e. The molecule has 1 fully saturated rings. The van der Waals surface area contributed by atoms with E-state index in [9.17, 15) is 29.3 Å². The largest absolute Gasteiger partial charge is 0.385 e. The molecule has 1 atom stereocenters. The summed E-state index contributed by atoms with van der Waals surface area (Å²) in [6, 6.07) is 2.28. The maximum Gasteiger partial charge on any atom is 0.270 e. The molecule has 10 nitrogen and oxygen atoms in total. The van der Waals surface area contributed by atoms with Gasteiger partial charge in [0, 0.05) is 38.8 Å². The van der Waals surface area contributed by atoms with Crippen molar-refractivity contribution in [1.82, 2.24) is 9.80 Å². The molecule has 2 heterocycles. The van der Waals surface area contributed by atoms with Crippen LogP contribution in [-0.4, -0.2) is 64.7 Å². The molecule has 4 amide bonds. The number of nitro benzene ring substituents is 1. The van der Waals surface area contributed by atoms with Crippen molar-refractivity contribution in [3.05, 3.63) is 39.4 Å². The van der Waals surface area contributed by atoms with Crippen LogP contribution in [0.2, 0.25) is 0 Å². The van der Waals surface area contributed by atoms with Gasteiger partial charge < -0.3 is 4.74 Å². The van der Waals surface area contributed by atoms with E-state index < -0.39 is 28.7 Å². The summed E-state index contributed by atoms with van der Waals surface area (Å²) in [6.07, 6.45) is 0.498. The summed E-state index contributed by atoms with van der Waals surface area (Å²) < 4.78 is 4.91. The van der Waals surface area contributed by atoms with Crippen molar-refractivity contribution in [3.8, 4) is 0 Å². The Hall–Kier alpha value is -3.14. The van der Waals surface area contributed by atoms with Crippen LogP contribution in [0, 0.1) is 10.1 Å². The van der Waals surface area contributed by atoms with E-state index in [1.54, 1.807) is 0 Å². The number of rotatable bonds is 6. The molecule has 1 unspecified atom stereocenters. The Labute approximate surface area is 153 Å². The third-order valence-corrected chi connectivity index (χ3v) is 4.64. The van der Waals surface area contributed by atoms with Crippen LogP contribution in [0.5, 0.6) is 0 Å². The van der Waals surface area contributed by atoms with E-state index in [0.717, 1.165) is 21.9 Å². The van der Waals surface area contributed by atoms with Gasteiger partial charge in [-0.2, -0.15) is 0 Å². The number of methoxy groups -OCH3 is 1. The molecular weight excluding hydrogens is 358 g/mol. The maximum atomic E-state index is 12.7. The lowest BCUT2D eigenvalue weighted by atomic mass is 10.0. The highest BCUT2D eigenvalue weighted by Crippen LogP contribution is 2.31. The van der Waals surface area contributed by atoms with E-state index in [0.29, 0.717) is 13.0 Å². The van der Waals surface area contributed by atoms with Gasteiger partial charge in [-0.15, -0.1) is 0 Å². The minimum absolute atomic E-state index is 0.0150. The lowest BCUT2D eigenvalue weighted by Gasteiger charge is -2.34. The van der Waals surface area contributed by atoms with Crippen molar-refractivity contribution < 1.29 is 28.8 Å². The molecule has 0 aromatic heterocycles. The van der Waals surface area contributed by atoms with Crippen LogP contribution in [0.4, 0.5) is 5.69 Å². The molecule has 0 bridgehead atoms. The lowest BCUT2D eigenvalue weighted by Crippen LogP contribution is -2.56. The molecule has 0 spiro atoms. The van der Waals surface area contributed by atoms with E-state index in [2.05, 4.69) is 0 Å². The van der Waals surface area contributed by atoms with Crippen LogP contribution >= 0.6 is 0 Å². The van der Waals surface area contributed by atoms with E-state index >= 15 is 0 Å². The third kappa shape index (κ3) is 3.19. The number of ether oxygens (including phenoxy) is 1. The Morgan fingerprint density at radius 1 is 1.19 bits per heavy atom. The zero-order chi connectivity index (χ0) is 19.7. The molecule has 0 aliphatic carbocycles. The van der Waals surface area contributed by atoms with Crippen molar-refractivity contribution in [2.75, 3.05) is 20.3 Å². The van der Waals surface area contributed by atoms with Crippen LogP contribution in [-0.2, 0) is 14.3 Å². The van der Waals surface area contributed by atoms with Gasteiger partial charge in [-0.1, -0.05) is 0 Å². The highest BCUT2D eigenvalue weighted by atomic mass is 16.6.